The molecule has 0 aromatic rings. The molecule has 48 heteroatoms. The van der Waals surface area contributed by atoms with Gasteiger partial charge in [0.2, 0.25) is 0 Å². The molecule has 5 fully saturated rings. The Bertz CT molecular complexity index is 2490. The van der Waals surface area contributed by atoms with Crippen LogP contribution in [0.5, 0.6) is 0 Å². The molecule has 5 aliphatic rings. The number of hydrogen-bond donors (Lipinski definition) is 16. The largest absolute Gasteiger partial charge is 0.479 e. The minimum absolute atomic E-state index is 0.370. The quantitative estimate of drug-likeness (QED) is 0.0126. The van der Waals surface area contributed by atoms with Crippen molar-refractivity contribution < 1.29 is 185 Å². The Morgan fingerprint density at radius 2 is 0.899 bits per heavy atom. The number of rotatable bonds is 26. The summed E-state index contributed by atoms with van der Waals surface area (Å²) in [6.07, 6.45) is -51.4. The van der Waals surface area contributed by atoms with Gasteiger partial charge in [-0.15, -0.1) is 4.33 Å². The first-order chi connectivity index (χ1) is 36.5. The number of methoxy groups -OCH3 is 1. The average molecular weight is 1270 g/mol. The number of aliphatic carboxylic acids is 2. The summed E-state index contributed by atoms with van der Waals surface area (Å²) in [5.74, 6) is -4.22. The van der Waals surface area contributed by atoms with E-state index in [1.807, 2.05) is 0 Å². The molecule has 5 heterocycles. The highest BCUT2D eigenvalue weighted by molar-refractivity contribution is 7.89. The number of nitrogens with two attached hydrogens (primary N) is 3. The zero-order valence-corrected chi connectivity index (χ0v) is 43.2. The smallest absolute Gasteiger partial charge is 0.397 e. The lowest BCUT2D eigenvalue weighted by Crippen LogP contribution is -2.70. The molecule has 0 bridgehead atoms. The molecule has 0 saturated carbocycles. The summed E-state index contributed by atoms with van der Waals surface area (Å²) in [4.78, 5) is 25.5. The number of aliphatic hydroxyl groups is 6. The molecule has 0 amide bonds. The van der Waals surface area contributed by atoms with Crippen LogP contribution in [0.2, 0.25) is 0 Å². The summed E-state index contributed by atoms with van der Waals surface area (Å²) < 4.78 is 212. The summed E-state index contributed by atoms with van der Waals surface area (Å²) in [5, 5.41) is 99.0. The minimum Gasteiger partial charge on any atom is -0.479 e. The van der Waals surface area contributed by atoms with E-state index in [0.717, 1.165) is 7.11 Å². The summed E-state index contributed by atoms with van der Waals surface area (Å²) in [6.45, 7) is -3.99. The Morgan fingerprint density at radius 3 is 1.39 bits per heavy atom. The van der Waals surface area contributed by atoms with Crippen LogP contribution in [0.3, 0.4) is 0 Å². The maximum absolute atomic E-state index is 12.8. The molecule has 5 aliphatic heterocycles. The molecular weight excluding hydrogens is 1210 g/mol. The number of ether oxygens (including phenoxy) is 10. The fourth-order valence-corrected chi connectivity index (χ4v) is 9.91. The summed E-state index contributed by atoms with van der Waals surface area (Å²) in [5.41, 5.74) is 18.2. The number of carbonyl (C=O) groups is 2. The van der Waals surface area contributed by atoms with Gasteiger partial charge in [-0.3, -0.25) is 22.4 Å². The number of carboxylic acids is 2. The lowest BCUT2D eigenvalue weighted by Gasteiger charge is -2.50. The van der Waals surface area contributed by atoms with Crippen molar-refractivity contribution in [2.75, 3.05) is 26.9 Å². The first kappa shape index (κ1) is 67.6. The van der Waals surface area contributed by atoms with E-state index in [9.17, 15) is 97.8 Å². The fraction of sp³-hybridized carbons (Fsp3) is 0.935. The molecule has 0 aromatic heterocycles. The Hall–Kier alpha value is -2.15. The van der Waals surface area contributed by atoms with Gasteiger partial charge in [-0.25, -0.2) is 31.6 Å². The van der Waals surface area contributed by atoms with E-state index in [4.69, 9.17) is 78.6 Å². The molecule has 10 unspecified atom stereocenters. The van der Waals surface area contributed by atoms with Crippen molar-refractivity contribution in [3.8, 4) is 0 Å². The Kier molecular flexibility index (Phi) is 23.7. The van der Waals surface area contributed by atoms with Crippen LogP contribution in [-0.2, 0) is 129 Å². The van der Waals surface area contributed by atoms with E-state index in [0.29, 0.717) is 0 Å². The highest BCUT2D eigenvalue weighted by Crippen LogP contribution is 2.38. The van der Waals surface area contributed by atoms with E-state index in [1.165, 1.54) is 0 Å². The van der Waals surface area contributed by atoms with Crippen molar-refractivity contribution in [1.29, 1.82) is 0 Å². The molecule has 0 aromatic carbocycles. The Labute approximate surface area is 447 Å². The SMILES string of the molecule is CO[C@@H]1OC(COS(=O)(=O)O)[C@H](O[C@@H]2OC(C(=O)O)[C@H](O[C@@H]3OC(COS(=O)(=O)O)[C@H](O[C@@H]4OC(C(=O)O)[C@H](O[C@@H]5OC(COS(=O)(=O)O)[C@H](O)[C@H](O)C5N)[C@H](O)C4O)[C@H](OSOOO)C3N)[C@@H](O)C2OS(=O)(=O)O)[C@H](O)C1N. The zero-order chi connectivity index (χ0) is 59.4. The van der Waals surface area contributed by atoms with Crippen LogP contribution in [0.4, 0.5) is 0 Å². The molecule has 79 heavy (non-hydrogen) atoms. The molecule has 462 valence electrons. The molecule has 25 atom stereocenters. The van der Waals surface area contributed by atoms with Crippen LogP contribution >= 0.6 is 12.3 Å². The van der Waals surface area contributed by atoms with Gasteiger partial charge >= 0.3 is 53.5 Å². The second kappa shape index (κ2) is 27.7. The number of carboxylic acid groups (broad SMARTS) is 2. The van der Waals surface area contributed by atoms with Crippen molar-refractivity contribution in [2.24, 2.45) is 17.2 Å². The summed E-state index contributed by atoms with van der Waals surface area (Å²) in [7, 11) is -20.9. The van der Waals surface area contributed by atoms with Crippen molar-refractivity contribution in [3.63, 3.8) is 0 Å². The normalized spacial score (nSPS) is 41.9. The summed E-state index contributed by atoms with van der Waals surface area (Å²) >= 11 is -0.370. The Balaban J connectivity index is 1.46. The number of aliphatic hydroxyl groups excluding tert-OH is 6. The van der Waals surface area contributed by atoms with Crippen LogP contribution in [-0.4, -0.2) is 290 Å². The third-order valence-electron chi connectivity index (χ3n) is 11.7. The molecule has 43 nitrogen and oxygen atoms in total. The molecule has 19 N–H and O–H groups in total. The zero-order valence-electron chi connectivity index (χ0n) is 39.2. The van der Waals surface area contributed by atoms with Crippen molar-refractivity contribution in [3.05, 3.63) is 0 Å². The lowest BCUT2D eigenvalue weighted by atomic mass is 9.94. The maximum Gasteiger partial charge on any atom is 0.397 e. The van der Waals surface area contributed by atoms with Gasteiger partial charge in [0.1, 0.15) is 85.5 Å². The van der Waals surface area contributed by atoms with Crippen LogP contribution < -0.4 is 17.2 Å². The molecule has 0 radical (unpaired) electrons. The predicted molar refractivity (Wildman–Crippen MR) is 231 cm³/mol. The van der Waals surface area contributed by atoms with Crippen LogP contribution in [0, 0.1) is 0 Å². The van der Waals surface area contributed by atoms with E-state index in [1.54, 1.807) is 0 Å². The van der Waals surface area contributed by atoms with Gasteiger partial charge < -0.3 is 105 Å². The first-order valence-corrected chi connectivity index (χ1v) is 27.6. The van der Waals surface area contributed by atoms with Gasteiger partial charge in [-0.05, 0) is 0 Å². The van der Waals surface area contributed by atoms with Crippen LogP contribution in [0.15, 0.2) is 0 Å². The van der Waals surface area contributed by atoms with E-state index >= 15 is 0 Å². The topological polar surface area (TPSA) is 669 Å². The highest BCUT2D eigenvalue weighted by Gasteiger charge is 2.59. The third kappa shape index (κ3) is 17.9. The number of hydrogen-bond acceptors (Lipinski definition) is 38. The average Bonchev–Trinajstić information content (AvgIpc) is 3.48. The second-order valence-corrected chi connectivity index (χ2v) is 21.7. The predicted octanol–water partition coefficient (Wildman–Crippen LogP) is -10.9. The van der Waals surface area contributed by atoms with Gasteiger partial charge in [0.25, 0.3) is 0 Å². The fourth-order valence-electron chi connectivity index (χ4n) is 8.12. The second-order valence-electron chi connectivity index (χ2n) is 16.9. The van der Waals surface area contributed by atoms with Gasteiger partial charge in [0.15, 0.2) is 62.1 Å². The molecule has 5 saturated heterocycles. The van der Waals surface area contributed by atoms with E-state index < -0.39 is 227 Å². The van der Waals surface area contributed by atoms with Crippen molar-refractivity contribution in [1.82, 2.24) is 0 Å². The Morgan fingerprint density at radius 1 is 0.468 bits per heavy atom. The van der Waals surface area contributed by atoms with Crippen molar-refractivity contribution in [2.45, 2.75) is 153 Å². The first-order valence-electron chi connectivity index (χ1n) is 21.5. The standard InChI is InChI=1S/C31H53N3O40S5/c1-58-27-9(33)13(37)17(6(63-27)3-60-77(49,50)51)65-31-22(72-79(55,56)57)16(40)21(24(70-31)26(43)44)68-29-10(34)19(71-75-74-73-45)18(7(64-29)4-61-78(52,53)54)66-30-15(39)14(38)20(23(69-30)25(41)42)67-28-8(32)12(36)11(35)5(62-28)2-59-76(46,47)48/h5-24,27-31,35-40,45H,2-4,32-34H2,1H3,(H,41,42)(H,43,44)(H,46,47,48)(H,49,50,51)(H,52,53,54)(H,55,56,57)/t5?,6?,7?,8?,9?,10?,11-,12+,13+,14+,15?,16+,17-,18-,19+,20+,21+,22?,23?,24?,27+,28-,29-,30+,31+/m0/s1. The molecule has 0 aliphatic carbocycles. The highest BCUT2D eigenvalue weighted by atomic mass is 32.3. The van der Waals surface area contributed by atoms with Gasteiger partial charge in [0.05, 0.1) is 37.9 Å². The van der Waals surface area contributed by atoms with E-state index in [-0.39, 0.29) is 12.3 Å². The minimum atomic E-state index is -5.83. The van der Waals surface area contributed by atoms with Crippen LogP contribution in [0.1, 0.15) is 0 Å². The van der Waals surface area contributed by atoms with Gasteiger partial charge in [-0.1, -0.05) is 5.04 Å². The molecule has 0 spiro atoms. The van der Waals surface area contributed by atoms with Crippen LogP contribution in [0.25, 0.3) is 0 Å². The van der Waals surface area contributed by atoms with E-state index in [2.05, 4.69) is 26.1 Å². The summed E-state index contributed by atoms with van der Waals surface area (Å²) in [6, 6.07) is -5.69. The van der Waals surface area contributed by atoms with Crippen molar-refractivity contribution >= 4 is 65.9 Å². The third-order valence-corrected chi connectivity index (χ3v) is 13.9. The molecule has 5 rings (SSSR count). The maximum atomic E-state index is 12.8. The lowest BCUT2D eigenvalue weighted by molar-refractivity contribution is -0.435. The monoisotopic (exact) mass is 1270 g/mol. The van der Waals surface area contributed by atoms with Gasteiger partial charge in [0, 0.05) is 7.11 Å². The van der Waals surface area contributed by atoms with Gasteiger partial charge in [-0.2, -0.15) is 33.7 Å². The molecular formula is C31H53N3O40S5.